The number of ether oxygens (including phenoxy) is 2. The summed E-state index contributed by atoms with van der Waals surface area (Å²) in [6, 6.07) is 22.7. The number of carboxylic acid groups (broad SMARTS) is 1. The summed E-state index contributed by atoms with van der Waals surface area (Å²) < 4.78 is 39.9. The van der Waals surface area contributed by atoms with Crippen LogP contribution in [0.5, 0.6) is 0 Å². The quantitative estimate of drug-likeness (QED) is 0.117. The summed E-state index contributed by atoms with van der Waals surface area (Å²) in [4.78, 5) is 49.5. The summed E-state index contributed by atoms with van der Waals surface area (Å²) in [5.74, 6) is -2.95. The molecule has 8 rings (SSSR count). The Morgan fingerprint density at radius 1 is 0.646 bits per heavy atom. The molecule has 1 amide bonds. The molecule has 0 radical (unpaired) electrons. The van der Waals surface area contributed by atoms with Crippen LogP contribution in [0, 0.1) is 11.6 Å². The van der Waals surface area contributed by atoms with Crippen LogP contribution in [0.2, 0.25) is 0 Å². The minimum Gasteiger partial charge on any atom is -0.478 e. The molecule has 2 fully saturated rings. The molecule has 6 aromatic rings. The average molecular weight is 893 g/mol. The highest BCUT2D eigenvalue weighted by Crippen LogP contribution is 2.24. The van der Waals surface area contributed by atoms with Gasteiger partial charge in [-0.25, -0.2) is 23.8 Å². The summed E-state index contributed by atoms with van der Waals surface area (Å²) in [7, 11) is 0. The molecule has 0 aliphatic carbocycles. The number of carbonyl (C=O) groups excluding carboxylic acids is 1. The fourth-order valence-electron chi connectivity index (χ4n) is 7.95. The van der Waals surface area contributed by atoms with Crippen LogP contribution in [-0.2, 0) is 22.3 Å². The van der Waals surface area contributed by atoms with E-state index >= 15 is 0 Å². The number of aromatic carboxylic acids is 1. The van der Waals surface area contributed by atoms with Crippen LogP contribution >= 0.6 is 0 Å². The van der Waals surface area contributed by atoms with E-state index in [0.717, 1.165) is 55.8 Å². The molecule has 0 unspecified atom stereocenters. The van der Waals surface area contributed by atoms with Gasteiger partial charge in [0.25, 0.3) is 17.0 Å². The third-order valence-electron chi connectivity index (χ3n) is 10.9. The number of carboxylic acids is 1. The number of benzene rings is 4. The Labute approximate surface area is 376 Å². The zero-order chi connectivity index (χ0) is 46.9. The normalized spacial score (nSPS) is 14.9. The number of H-pyrrole nitrogens is 2. The molecule has 0 spiro atoms. The van der Waals surface area contributed by atoms with E-state index in [1.54, 1.807) is 53.4 Å². The average Bonchev–Trinajstić information content (AvgIpc) is 3.27. The second-order valence-corrected chi connectivity index (χ2v) is 18.3. The van der Waals surface area contributed by atoms with Crippen LogP contribution in [0.1, 0.15) is 110 Å². The fourth-order valence-corrected chi connectivity index (χ4v) is 7.95. The SMILES string of the molecule is CC(C)(C)OC1CCN(C(=O)c2cc(Cc3n[nH]c(=O)c4ccccc34)ccc2F)CC1.CC(C)(C)OC1CCNCC1.O=C(O)c1cc(Cc2n[nH]c(=O)c3ccccc23)ccc1F. The van der Waals surface area contributed by atoms with Gasteiger partial charge in [0.2, 0.25) is 0 Å². The number of halogens is 2. The van der Waals surface area contributed by atoms with Gasteiger partial charge < -0.3 is 24.8 Å². The zero-order valence-electron chi connectivity index (χ0n) is 37.8. The predicted molar refractivity (Wildman–Crippen MR) is 247 cm³/mol. The third kappa shape index (κ3) is 13.4. The molecule has 2 aliphatic rings. The number of aromatic nitrogens is 4. The molecule has 2 aliphatic heterocycles. The van der Waals surface area contributed by atoms with Gasteiger partial charge in [0.15, 0.2) is 0 Å². The van der Waals surface area contributed by atoms with Crippen molar-refractivity contribution in [1.29, 1.82) is 0 Å². The monoisotopic (exact) mass is 892 g/mol. The van der Waals surface area contributed by atoms with Gasteiger partial charge in [-0.15, -0.1) is 0 Å². The van der Waals surface area contributed by atoms with Gasteiger partial charge in [-0.05, 0) is 128 Å². The van der Waals surface area contributed by atoms with Crippen molar-refractivity contribution in [3.63, 3.8) is 0 Å². The van der Waals surface area contributed by atoms with Gasteiger partial charge >= 0.3 is 5.97 Å². The van der Waals surface area contributed by atoms with Crippen molar-refractivity contribution in [1.82, 2.24) is 30.6 Å². The van der Waals surface area contributed by atoms with E-state index in [0.29, 0.717) is 58.7 Å². The number of aromatic amines is 2. The molecule has 13 nitrogen and oxygen atoms in total. The minimum absolute atomic E-state index is 0.0298. The van der Waals surface area contributed by atoms with E-state index in [2.05, 4.69) is 46.5 Å². The van der Waals surface area contributed by atoms with Crippen LogP contribution in [0.4, 0.5) is 8.78 Å². The lowest BCUT2D eigenvalue weighted by molar-refractivity contribution is -0.0791. The summed E-state index contributed by atoms with van der Waals surface area (Å²) >= 11 is 0. The van der Waals surface area contributed by atoms with Crippen LogP contribution < -0.4 is 16.4 Å². The molecule has 2 saturated heterocycles. The highest BCUT2D eigenvalue weighted by Gasteiger charge is 2.28. The summed E-state index contributed by atoms with van der Waals surface area (Å²) in [6.45, 7) is 15.7. The van der Waals surface area contributed by atoms with Crippen LogP contribution in [-0.4, -0.2) is 91.9 Å². The number of hydrogen-bond acceptors (Lipinski definition) is 9. The Morgan fingerprint density at radius 2 is 1.06 bits per heavy atom. The Morgan fingerprint density at radius 3 is 1.51 bits per heavy atom. The number of hydrogen-bond donors (Lipinski definition) is 4. The molecule has 65 heavy (non-hydrogen) atoms. The van der Waals surface area contributed by atoms with E-state index in [1.807, 2.05) is 32.9 Å². The first-order valence-electron chi connectivity index (χ1n) is 21.9. The Hall–Kier alpha value is -6.16. The molecule has 2 aromatic heterocycles. The van der Waals surface area contributed by atoms with E-state index in [-0.39, 0.29) is 51.9 Å². The molecule has 344 valence electrons. The first-order chi connectivity index (χ1) is 30.8. The van der Waals surface area contributed by atoms with Gasteiger partial charge in [0.05, 0.1) is 56.7 Å². The first kappa shape index (κ1) is 48.3. The van der Waals surface area contributed by atoms with E-state index < -0.39 is 17.6 Å². The van der Waals surface area contributed by atoms with Crippen molar-refractivity contribution in [3.8, 4) is 0 Å². The maximum atomic E-state index is 14.6. The Balaban J connectivity index is 0.000000182. The standard InChI is InChI=1S/C25H28FN3O3.C16H11FN2O3.C9H19NO/c1-25(2,3)32-17-10-12-29(13-11-17)24(31)20-14-16(8-9-21(20)26)15-22-18-6-4-5-7-19(18)23(30)28-27-22;17-13-6-5-9(7-12(13)16(21)22)8-14-10-3-1-2-4-11(10)15(20)19-18-14;1-9(2,3)11-8-4-6-10-7-5-8/h4-9,14,17H,10-13,15H2,1-3H3,(H,28,30);1-7H,8H2,(H,19,20)(H,21,22);8,10H,4-7H2,1-3H3. The lowest BCUT2D eigenvalue weighted by Gasteiger charge is -2.35. The number of fused-ring (bicyclic) bond motifs is 2. The van der Waals surface area contributed by atoms with Crippen molar-refractivity contribution in [3.05, 3.63) is 151 Å². The van der Waals surface area contributed by atoms with Crippen molar-refractivity contribution in [2.75, 3.05) is 26.2 Å². The maximum absolute atomic E-state index is 14.6. The molecule has 4 heterocycles. The zero-order valence-corrected chi connectivity index (χ0v) is 37.8. The molecular formula is C50H58F2N6O7. The van der Waals surface area contributed by atoms with Crippen molar-refractivity contribution >= 4 is 33.4 Å². The van der Waals surface area contributed by atoms with Crippen LogP contribution in [0.25, 0.3) is 21.5 Å². The number of amides is 1. The molecule has 4 aromatic carbocycles. The summed E-state index contributed by atoms with van der Waals surface area (Å²) in [6.07, 6.45) is 5.05. The van der Waals surface area contributed by atoms with Gasteiger partial charge in [-0.1, -0.05) is 48.5 Å². The van der Waals surface area contributed by atoms with Gasteiger partial charge in [-0.3, -0.25) is 14.4 Å². The highest BCUT2D eigenvalue weighted by molar-refractivity contribution is 5.95. The predicted octanol–water partition coefficient (Wildman–Crippen LogP) is 7.98. The summed E-state index contributed by atoms with van der Waals surface area (Å²) in [5, 5.41) is 27.9. The van der Waals surface area contributed by atoms with Gasteiger partial charge in [0, 0.05) is 36.7 Å². The topological polar surface area (TPSA) is 180 Å². The lowest BCUT2D eigenvalue weighted by atomic mass is 10.0. The molecule has 15 heteroatoms. The molecule has 0 saturated carbocycles. The van der Waals surface area contributed by atoms with Crippen LogP contribution in [0.15, 0.2) is 94.5 Å². The van der Waals surface area contributed by atoms with Gasteiger partial charge in [-0.2, -0.15) is 10.2 Å². The number of piperidine rings is 2. The third-order valence-corrected chi connectivity index (χ3v) is 10.9. The number of likely N-dealkylation sites (tertiary alicyclic amines) is 1. The molecule has 4 N–H and O–H groups in total. The second-order valence-electron chi connectivity index (χ2n) is 18.3. The number of rotatable bonds is 8. The lowest BCUT2D eigenvalue weighted by Crippen LogP contribution is -2.43. The Kier molecular flexibility index (Phi) is 15.8. The van der Waals surface area contributed by atoms with Crippen LogP contribution in [0.3, 0.4) is 0 Å². The number of nitrogens with zero attached hydrogens (tertiary/aromatic N) is 3. The number of carbonyl (C=O) groups is 2. The van der Waals surface area contributed by atoms with Gasteiger partial charge in [0.1, 0.15) is 11.6 Å². The fraction of sp³-hybridized carbons (Fsp3) is 0.400. The van der Waals surface area contributed by atoms with Crippen molar-refractivity contribution < 1.29 is 33.0 Å². The maximum Gasteiger partial charge on any atom is 0.338 e. The van der Waals surface area contributed by atoms with E-state index in [9.17, 15) is 28.0 Å². The molecule has 0 bridgehead atoms. The summed E-state index contributed by atoms with van der Waals surface area (Å²) in [5.41, 5.74) is 1.57. The first-order valence-corrected chi connectivity index (χ1v) is 21.9. The smallest absolute Gasteiger partial charge is 0.338 e. The minimum atomic E-state index is -1.32. The Bertz CT molecular complexity index is 2730. The van der Waals surface area contributed by atoms with Crippen molar-refractivity contribution in [2.24, 2.45) is 0 Å². The molecular weight excluding hydrogens is 835 g/mol. The largest absolute Gasteiger partial charge is 0.478 e. The highest BCUT2D eigenvalue weighted by atomic mass is 19.1. The molecule has 0 atom stereocenters. The van der Waals surface area contributed by atoms with E-state index in [4.69, 9.17) is 14.6 Å². The van der Waals surface area contributed by atoms with E-state index in [1.165, 1.54) is 18.2 Å². The number of nitrogens with one attached hydrogen (secondary N) is 3. The second kappa shape index (κ2) is 21.2. The van der Waals surface area contributed by atoms with Crippen molar-refractivity contribution in [2.45, 2.75) is 103 Å².